The molecule has 6 nitrogen and oxygen atoms in total. The van der Waals surface area contributed by atoms with Gasteiger partial charge in [0.1, 0.15) is 0 Å². The van der Waals surface area contributed by atoms with Crippen molar-refractivity contribution in [1.29, 1.82) is 0 Å². The second-order valence-electron chi connectivity index (χ2n) is 5.45. The highest BCUT2D eigenvalue weighted by Gasteiger charge is 2.36. The highest BCUT2D eigenvalue weighted by atomic mass is 16.5. The number of ether oxygens (including phenoxy) is 1. The molecular formula is C13H21N3O3. The molecule has 19 heavy (non-hydrogen) atoms. The zero-order chi connectivity index (χ0) is 14.2. The molecule has 1 saturated heterocycles. The first-order valence-electron chi connectivity index (χ1n) is 6.47. The molecule has 6 heteroatoms. The summed E-state index contributed by atoms with van der Waals surface area (Å²) in [5, 5.41) is 3.39. The molecular weight excluding hydrogens is 246 g/mol. The van der Waals surface area contributed by atoms with E-state index in [1.54, 1.807) is 13.2 Å². The average Bonchev–Trinajstić information content (AvgIpc) is 2.70. The van der Waals surface area contributed by atoms with Crippen LogP contribution in [-0.2, 0) is 25.4 Å². The molecule has 0 bridgehead atoms. The lowest BCUT2D eigenvalue weighted by Crippen LogP contribution is -2.48. The molecule has 2 unspecified atom stereocenters. The summed E-state index contributed by atoms with van der Waals surface area (Å²) in [6, 6.07) is 0. The molecule has 1 aliphatic rings. The maximum absolute atomic E-state index is 12.0. The van der Waals surface area contributed by atoms with Crippen LogP contribution in [0.25, 0.3) is 0 Å². The van der Waals surface area contributed by atoms with Crippen molar-refractivity contribution >= 4 is 0 Å². The summed E-state index contributed by atoms with van der Waals surface area (Å²) in [6.45, 7) is 5.29. The van der Waals surface area contributed by atoms with Crippen LogP contribution in [0.3, 0.4) is 0 Å². The van der Waals surface area contributed by atoms with E-state index >= 15 is 0 Å². The molecule has 1 aliphatic heterocycles. The fourth-order valence-corrected chi connectivity index (χ4v) is 2.37. The molecule has 0 aliphatic carbocycles. The van der Waals surface area contributed by atoms with Crippen molar-refractivity contribution in [3.63, 3.8) is 0 Å². The van der Waals surface area contributed by atoms with Crippen molar-refractivity contribution in [1.82, 2.24) is 14.5 Å². The number of aryl methyl sites for hydroxylation is 1. The molecule has 2 rings (SSSR count). The Balaban J connectivity index is 2.21. The lowest BCUT2D eigenvalue weighted by atomic mass is 9.94. The van der Waals surface area contributed by atoms with Gasteiger partial charge >= 0.3 is 5.69 Å². The topological polar surface area (TPSA) is 65.3 Å². The lowest BCUT2D eigenvalue weighted by Gasteiger charge is -2.29. The Labute approximate surface area is 112 Å². The molecule has 0 aromatic carbocycles. The van der Waals surface area contributed by atoms with Gasteiger partial charge in [0.2, 0.25) is 0 Å². The zero-order valence-electron chi connectivity index (χ0n) is 11.9. The number of nitrogens with zero attached hydrogens (tertiary/aromatic N) is 2. The van der Waals surface area contributed by atoms with E-state index in [9.17, 15) is 9.59 Å². The van der Waals surface area contributed by atoms with Gasteiger partial charge in [-0.05, 0) is 20.3 Å². The SMILES string of the molecule is CC1OCCC1(C)NCc1cn(C)c(=O)n(C)c1=O. The van der Waals surface area contributed by atoms with Crippen molar-refractivity contribution in [2.45, 2.75) is 38.5 Å². The van der Waals surface area contributed by atoms with Gasteiger partial charge in [-0.3, -0.25) is 9.36 Å². The summed E-state index contributed by atoms with van der Waals surface area (Å²) in [4.78, 5) is 23.6. The minimum Gasteiger partial charge on any atom is -0.377 e. The maximum Gasteiger partial charge on any atom is 0.330 e. The number of aromatic nitrogens is 2. The van der Waals surface area contributed by atoms with Gasteiger partial charge in [0, 0.05) is 44.5 Å². The summed E-state index contributed by atoms with van der Waals surface area (Å²) in [5.41, 5.74) is -0.0899. The van der Waals surface area contributed by atoms with Gasteiger partial charge in [0.15, 0.2) is 0 Å². The van der Waals surface area contributed by atoms with Crippen molar-refractivity contribution in [2.75, 3.05) is 6.61 Å². The van der Waals surface area contributed by atoms with Gasteiger partial charge in [0.05, 0.1) is 6.10 Å². The minimum atomic E-state index is -0.308. The molecule has 1 aromatic heterocycles. The van der Waals surface area contributed by atoms with Crippen LogP contribution in [0, 0.1) is 0 Å². The molecule has 106 valence electrons. The molecule has 0 spiro atoms. The third-order valence-corrected chi connectivity index (χ3v) is 4.09. The average molecular weight is 267 g/mol. The maximum atomic E-state index is 12.0. The van der Waals surface area contributed by atoms with Gasteiger partial charge in [-0.1, -0.05) is 0 Å². The van der Waals surface area contributed by atoms with E-state index in [0.29, 0.717) is 12.1 Å². The second-order valence-corrected chi connectivity index (χ2v) is 5.45. The Bertz CT molecular complexity index is 590. The van der Waals surface area contributed by atoms with Gasteiger partial charge in [-0.25, -0.2) is 4.79 Å². The van der Waals surface area contributed by atoms with Gasteiger partial charge in [-0.2, -0.15) is 0 Å². The summed E-state index contributed by atoms with van der Waals surface area (Å²) in [7, 11) is 3.14. The first-order chi connectivity index (χ1) is 8.85. The Kier molecular flexibility index (Phi) is 3.64. The largest absolute Gasteiger partial charge is 0.377 e. The molecule has 2 heterocycles. The number of hydrogen-bond donors (Lipinski definition) is 1. The number of hydrogen-bond acceptors (Lipinski definition) is 4. The minimum absolute atomic E-state index is 0.115. The van der Waals surface area contributed by atoms with E-state index in [1.807, 2.05) is 6.92 Å². The quantitative estimate of drug-likeness (QED) is 0.819. The predicted octanol–water partition coefficient (Wildman–Crippen LogP) is -0.259. The van der Waals surface area contributed by atoms with Crippen LogP contribution in [0.5, 0.6) is 0 Å². The monoisotopic (exact) mass is 267 g/mol. The normalized spacial score (nSPS) is 26.8. The molecule has 1 fully saturated rings. The molecule has 0 saturated carbocycles. The van der Waals surface area contributed by atoms with Gasteiger partial charge < -0.3 is 14.6 Å². The van der Waals surface area contributed by atoms with E-state index in [4.69, 9.17) is 4.74 Å². The van der Waals surface area contributed by atoms with E-state index in [-0.39, 0.29) is 22.9 Å². The fraction of sp³-hybridized carbons (Fsp3) is 0.692. The van der Waals surface area contributed by atoms with E-state index in [2.05, 4.69) is 12.2 Å². The van der Waals surface area contributed by atoms with Crippen LogP contribution in [-0.4, -0.2) is 27.4 Å². The van der Waals surface area contributed by atoms with Crippen LogP contribution >= 0.6 is 0 Å². The molecule has 1 N–H and O–H groups in total. The molecule has 1 aromatic rings. The molecule has 2 atom stereocenters. The Morgan fingerprint density at radius 2 is 2.16 bits per heavy atom. The lowest BCUT2D eigenvalue weighted by molar-refractivity contribution is 0.0881. The highest BCUT2D eigenvalue weighted by Crippen LogP contribution is 2.25. The first-order valence-corrected chi connectivity index (χ1v) is 6.47. The highest BCUT2D eigenvalue weighted by molar-refractivity contribution is 5.07. The third kappa shape index (κ3) is 2.50. The van der Waals surface area contributed by atoms with E-state index in [0.717, 1.165) is 17.6 Å². The van der Waals surface area contributed by atoms with Crippen molar-refractivity contribution < 1.29 is 4.74 Å². The number of rotatable bonds is 3. The molecule has 0 radical (unpaired) electrons. The molecule has 0 amide bonds. The van der Waals surface area contributed by atoms with Gasteiger partial charge in [0.25, 0.3) is 5.56 Å². The van der Waals surface area contributed by atoms with Crippen LogP contribution < -0.4 is 16.6 Å². The van der Waals surface area contributed by atoms with Crippen molar-refractivity contribution in [3.8, 4) is 0 Å². The first kappa shape index (κ1) is 14.0. The fourth-order valence-electron chi connectivity index (χ4n) is 2.37. The van der Waals surface area contributed by atoms with Crippen LogP contribution in [0.1, 0.15) is 25.8 Å². The summed E-state index contributed by atoms with van der Waals surface area (Å²) < 4.78 is 8.11. The number of nitrogens with one attached hydrogen (secondary N) is 1. The van der Waals surface area contributed by atoms with Crippen LogP contribution in [0.15, 0.2) is 15.8 Å². The van der Waals surface area contributed by atoms with Crippen LogP contribution in [0.2, 0.25) is 0 Å². The van der Waals surface area contributed by atoms with Crippen LogP contribution in [0.4, 0.5) is 0 Å². The Hall–Kier alpha value is -1.40. The Morgan fingerprint density at radius 3 is 2.74 bits per heavy atom. The van der Waals surface area contributed by atoms with E-state index in [1.165, 1.54) is 11.6 Å². The van der Waals surface area contributed by atoms with Gasteiger partial charge in [-0.15, -0.1) is 0 Å². The smallest absolute Gasteiger partial charge is 0.330 e. The summed E-state index contributed by atoms with van der Waals surface area (Å²) in [6.07, 6.45) is 2.63. The Morgan fingerprint density at radius 1 is 1.47 bits per heavy atom. The standard InChI is InChI=1S/C13H21N3O3/c1-9-13(2,5-6-19-9)14-7-10-8-15(3)12(18)16(4)11(10)17/h8-9,14H,5-7H2,1-4H3. The van der Waals surface area contributed by atoms with E-state index < -0.39 is 0 Å². The summed E-state index contributed by atoms with van der Waals surface area (Å²) in [5.74, 6) is 0. The van der Waals surface area contributed by atoms with Crippen molar-refractivity contribution in [2.24, 2.45) is 14.1 Å². The third-order valence-electron chi connectivity index (χ3n) is 4.09. The predicted molar refractivity (Wildman–Crippen MR) is 72.2 cm³/mol. The zero-order valence-corrected chi connectivity index (χ0v) is 11.9. The summed E-state index contributed by atoms with van der Waals surface area (Å²) >= 11 is 0. The van der Waals surface area contributed by atoms with Crippen molar-refractivity contribution in [3.05, 3.63) is 32.6 Å². The second kappa shape index (κ2) is 4.94.